The summed E-state index contributed by atoms with van der Waals surface area (Å²) in [4.78, 5) is 12.2. The lowest BCUT2D eigenvalue weighted by atomic mass is 9.96. The number of aryl methyl sites for hydroxylation is 1. The van der Waals surface area contributed by atoms with Gasteiger partial charge in [-0.15, -0.1) is 0 Å². The Kier molecular flexibility index (Phi) is 6.62. The van der Waals surface area contributed by atoms with E-state index in [1.807, 2.05) is 30.3 Å². The molecule has 0 aliphatic carbocycles. The maximum absolute atomic E-state index is 12.9. The number of carbonyl (C=O) groups is 1. The zero-order valence-corrected chi connectivity index (χ0v) is 15.4. The molecule has 0 radical (unpaired) electrons. The van der Waals surface area contributed by atoms with Gasteiger partial charge in [-0.2, -0.15) is 26.3 Å². The van der Waals surface area contributed by atoms with E-state index in [1.165, 1.54) is 6.92 Å². The van der Waals surface area contributed by atoms with Crippen molar-refractivity contribution in [3.05, 3.63) is 70.8 Å². The van der Waals surface area contributed by atoms with Crippen molar-refractivity contribution in [1.29, 1.82) is 0 Å². The van der Waals surface area contributed by atoms with Gasteiger partial charge < -0.3 is 10.4 Å². The van der Waals surface area contributed by atoms with Crippen molar-refractivity contribution in [2.45, 2.75) is 37.7 Å². The van der Waals surface area contributed by atoms with E-state index >= 15 is 0 Å². The molecule has 0 aliphatic heterocycles. The van der Waals surface area contributed by atoms with E-state index in [2.05, 4.69) is 5.32 Å². The SMILES string of the molecule is CC(O)(CCc1ccccc1)CNC(=O)c1cc(C(F)(F)F)cc(C(F)(F)F)c1. The first kappa shape index (κ1) is 22.7. The normalized spacial score (nSPS) is 14.3. The van der Waals surface area contributed by atoms with Crippen molar-refractivity contribution in [1.82, 2.24) is 5.32 Å². The number of hydrogen-bond acceptors (Lipinski definition) is 2. The fourth-order valence-electron chi connectivity index (χ4n) is 2.61. The lowest BCUT2D eigenvalue weighted by Gasteiger charge is -2.24. The van der Waals surface area contributed by atoms with E-state index in [9.17, 15) is 36.2 Å². The summed E-state index contributed by atoms with van der Waals surface area (Å²) in [5.74, 6) is -1.14. The van der Waals surface area contributed by atoms with Gasteiger partial charge >= 0.3 is 12.4 Å². The van der Waals surface area contributed by atoms with Crippen LogP contribution in [-0.4, -0.2) is 23.2 Å². The third-order valence-corrected chi connectivity index (χ3v) is 4.27. The summed E-state index contributed by atoms with van der Waals surface area (Å²) >= 11 is 0. The van der Waals surface area contributed by atoms with Gasteiger partial charge in [0.2, 0.25) is 0 Å². The summed E-state index contributed by atoms with van der Waals surface area (Å²) in [6, 6.07) is 9.80. The highest BCUT2D eigenvalue weighted by Crippen LogP contribution is 2.36. The zero-order chi connectivity index (χ0) is 21.9. The Labute approximate surface area is 163 Å². The Balaban J connectivity index is 2.11. The number of carbonyl (C=O) groups excluding carboxylic acids is 1. The van der Waals surface area contributed by atoms with Gasteiger partial charge in [0.1, 0.15) is 0 Å². The number of halogens is 6. The second-order valence-corrected chi connectivity index (χ2v) is 6.96. The van der Waals surface area contributed by atoms with Gasteiger partial charge in [0.25, 0.3) is 5.91 Å². The van der Waals surface area contributed by atoms with Crippen molar-refractivity contribution < 1.29 is 36.2 Å². The third-order valence-electron chi connectivity index (χ3n) is 4.27. The van der Waals surface area contributed by atoms with Gasteiger partial charge in [-0.3, -0.25) is 4.79 Å². The molecule has 1 amide bonds. The van der Waals surface area contributed by atoms with E-state index in [0.717, 1.165) is 5.56 Å². The Morgan fingerprint density at radius 3 is 1.93 bits per heavy atom. The second kappa shape index (κ2) is 8.44. The quantitative estimate of drug-likeness (QED) is 0.659. The topological polar surface area (TPSA) is 49.3 Å². The van der Waals surface area contributed by atoms with E-state index < -0.39 is 40.6 Å². The molecule has 3 nitrogen and oxygen atoms in total. The van der Waals surface area contributed by atoms with Gasteiger partial charge in [-0.1, -0.05) is 30.3 Å². The van der Waals surface area contributed by atoms with Crippen LogP contribution >= 0.6 is 0 Å². The highest BCUT2D eigenvalue weighted by atomic mass is 19.4. The average molecular weight is 419 g/mol. The van der Waals surface area contributed by atoms with Gasteiger partial charge in [0.05, 0.1) is 16.7 Å². The van der Waals surface area contributed by atoms with Crippen molar-refractivity contribution in [2.75, 3.05) is 6.54 Å². The smallest absolute Gasteiger partial charge is 0.388 e. The molecule has 2 N–H and O–H groups in total. The molecular formula is C20H19F6NO2. The third kappa shape index (κ3) is 6.77. The molecule has 158 valence electrons. The highest BCUT2D eigenvalue weighted by molar-refractivity contribution is 5.94. The molecule has 0 saturated heterocycles. The summed E-state index contributed by atoms with van der Waals surface area (Å²) in [7, 11) is 0. The van der Waals surface area contributed by atoms with E-state index in [-0.39, 0.29) is 19.0 Å². The number of nitrogens with one attached hydrogen (secondary N) is 1. The predicted molar refractivity (Wildman–Crippen MR) is 94.2 cm³/mol. The van der Waals surface area contributed by atoms with Gasteiger partial charge in [-0.25, -0.2) is 0 Å². The minimum atomic E-state index is -5.04. The van der Waals surface area contributed by atoms with Crippen LogP contribution in [0.15, 0.2) is 48.5 Å². The van der Waals surface area contributed by atoms with Crippen LogP contribution in [0.5, 0.6) is 0 Å². The molecule has 2 aromatic carbocycles. The fraction of sp³-hybridized carbons (Fsp3) is 0.350. The van der Waals surface area contributed by atoms with Crippen LogP contribution < -0.4 is 5.32 Å². The molecule has 0 heterocycles. The first-order valence-corrected chi connectivity index (χ1v) is 8.62. The largest absolute Gasteiger partial charge is 0.416 e. The average Bonchev–Trinajstić information content (AvgIpc) is 2.64. The summed E-state index contributed by atoms with van der Waals surface area (Å²) in [6.45, 7) is 1.08. The molecule has 1 atom stereocenters. The Morgan fingerprint density at radius 1 is 0.931 bits per heavy atom. The van der Waals surface area contributed by atoms with E-state index in [0.29, 0.717) is 18.6 Å². The van der Waals surface area contributed by atoms with Crippen LogP contribution in [0, 0.1) is 0 Å². The second-order valence-electron chi connectivity index (χ2n) is 6.96. The lowest BCUT2D eigenvalue weighted by molar-refractivity contribution is -0.143. The number of amides is 1. The Bertz CT molecular complexity index is 812. The molecule has 0 fully saturated rings. The van der Waals surface area contributed by atoms with Gasteiger partial charge in [0.15, 0.2) is 0 Å². The van der Waals surface area contributed by atoms with Crippen LogP contribution in [-0.2, 0) is 18.8 Å². The predicted octanol–water partition coefficient (Wildman–Crippen LogP) is 4.84. The summed E-state index contributed by atoms with van der Waals surface area (Å²) < 4.78 is 77.4. The number of alkyl halides is 6. The summed E-state index contributed by atoms with van der Waals surface area (Å²) in [5, 5.41) is 12.6. The molecule has 2 aromatic rings. The molecular weight excluding hydrogens is 400 g/mol. The molecule has 0 aliphatic rings. The summed E-state index contributed by atoms with van der Waals surface area (Å²) in [6.07, 6.45) is -9.38. The number of hydrogen-bond donors (Lipinski definition) is 2. The molecule has 0 bridgehead atoms. The molecule has 29 heavy (non-hydrogen) atoms. The van der Waals surface area contributed by atoms with Crippen molar-refractivity contribution in [2.24, 2.45) is 0 Å². The first-order chi connectivity index (χ1) is 13.3. The molecule has 9 heteroatoms. The standard InChI is InChI=1S/C20H19F6NO2/c1-18(29,8-7-13-5-3-2-4-6-13)12-27-17(28)14-9-15(19(21,22)23)11-16(10-14)20(24,25)26/h2-6,9-11,29H,7-8,12H2,1H3,(H,27,28). The number of aliphatic hydroxyl groups is 1. The fourth-order valence-corrected chi connectivity index (χ4v) is 2.61. The van der Waals surface area contributed by atoms with Crippen LogP contribution in [0.3, 0.4) is 0 Å². The maximum Gasteiger partial charge on any atom is 0.416 e. The van der Waals surface area contributed by atoms with Crippen LogP contribution in [0.4, 0.5) is 26.3 Å². The van der Waals surface area contributed by atoms with Crippen LogP contribution in [0.2, 0.25) is 0 Å². The van der Waals surface area contributed by atoms with Crippen LogP contribution in [0.1, 0.15) is 40.4 Å². The molecule has 1 unspecified atom stereocenters. The van der Waals surface area contributed by atoms with E-state index in [4.69, 9.17) is 0 Å². The number of rotatable bonds is 6. The maximum atomic E-state index is 12.9. The Morgan fingerprint density at radius 2 is 1.45 bits per heavy atom. The van der Waals surface area contributed by atoms with Crippen molar-refractivity contribution in [3.63, 3.8) is 0 Å². The molecule has 0 saturated carbocycles. The molecule has 0 aromatic heterocycles. The summed E-state index contributed by atoms with van der Waals surface area (Å²) in [5.41, 5.74) is -4.40. The van der Waals surface area contributed by atoms with E-state index in [1.54, 1.807) is 0 Å². The highest BCUT2D eigenvalue weighted by Gasteiger charge is 2.37. The van der Waals surface area contributed by atoms with Crippen molar-refractivity contribution >= 4 is 5.91 Å². The monoisotopic (exact) mass is 419 g/mol. The Hall–Kier alpha value is -2.55. The van der Waals surface area contributed by atoms with Crippen LogP contribution in [0.25, 0.3) is 0 Å². The molecule has 0 spiro atoms. The van der Waals surface area contributed by atoms with Gasteiger partial charge in [0, 0.05) is 12.1 Å². The van der Waals surface area contributed by atoms with Gasteiger partial charge in [-0.05, 0) is 43.5 Å². The number of benzene rings is 2. The lowest BCUT2D eigenvalue weighted by Crippen LogP contribution is -2.41. The minimum Gasteiger partial charge on any atom is -0.388 e. The molecule has 2 rings (SSSR count). The van der Waals surface area contributed by atoms with Crippen molar-refractivity contribution in [3.8, 4) is 0 Å². The first-order valence-electron chi connectivity index (χ1n) is 8.62. The zero-order valence-electron chi connectivity index (χ0n) is 15.4. The minimum absolute atomic E-state index is 0.0488.